The Morgan fingerprint density at radius 2 is 1.73 bits per heavy atom. The molecule has 0 radical (unpaired) electrons. The number of ether oxygens (including phenoxy) is 2. The van der Waals surface area contributed by atoms with Crippen LogP contribution in [0, 0.1) is 10.1 Å². The van der Waals surface area contributed by atoms with Crippen molar-refractivity contribution in [3.63, 3.8) is 0 Å². The average molecular weight is 408 g/mol. The van der Waals surface area contributed by atoms with Crippen molar-refractivity contribution < 1.29 is 19.2 Å². The van der Waals surface area contributed by atoms with E-state index >= 15 is 0 Å². The van der Waals surface area contributed by atoms with Gasteiger partial charge in [-0.25, -0.2) is 0 Å². The number of carbonyl (C=O) groups excluding carboxylic acids is 1. The minimum atomic E-state index is -0.452. The van der Waals surface area contributed by atoms with Gasteiger partial charge in [0.25, 0.3) is 11.6 Å². The summed E-state index contributed by atoms with van der Waals surface area (Å²) in [6.45, 7) is 3.77. The first-order chi connectivity index (χ1) is 14.5. The number of benzene rings is 2. The Balaban J connectivity index is 1.55. The van der Waals surface area contributed by atoms with Gasteiger partial charge in [-0.3, -0.25) is 14.9 Å². The summed E-state index contributed by atoms with van der Waals surface area (Å²) in [4.78, 5) is 25.8. The Labute approximate surface area is 174 Å². The third-order valence-electron chi connectivity index (χ3n) is 6.82. The lowest BCUT2D eigenvalue weighted by atomic mass is 9.71. The molecule has 2 heterocycles. The molecule has 2 aromatic rings. The Morgan fingerprint density at radius 3 is 2.37 bits per heavy atom. The summed E-state index contributed by atoms with van der Waals surface area (Å²) in [5.41, 5.74) is 2.78. The van der Waals surface area contributed by atoms with Gasteiger partial charge in [0.2, 0.25) is 0 Å². The van der Waals surface area contributed by atoms with Gasteiger partial charge in [-0.2, -0.15) is 0 Å². The monoisotopic (exact) mass is 408 g/mol. The van der Waals surface area contributed by atoms with Crippen LogP contribution in [-0.4, -0.2) is 35.5 Å². The van der Waals surface area contributed by atoms with Gasteiger partial charge < -0.3 is 14.4 Å². The van der Waals surface area contributed by atoms with E-state index in [9.17, 15) is 14.9 Å². The van der Waals surface area contributed by atoms with Crippen molar-refractivity contribution in [1.82, 2.24) is 4.90 Å². The van der Waals surface area contributed by atoms with Crippen LogP contribution >= 0.6 is 0 Å². The highest BCUT2D eigenvalue weighted by Gasteiger charge is 2.46. The predicted molar refractivity (Wildman–Crippen MR) is 110 cm³/mol. The van der Waals surface area contributed by atoms with Crippen LogP contribution in [0.15, 0.2) is 36.4 Å². The Morgan fingerprint density at radius 1 is 1.10 bits per heavy atom. The molecule has 0 saturated heterocycles. The number of rotatable bonds is 2. The van der Waals surface area contributed by atoms with E-state index in [-0.39, 0.29) is 23.1 Å². The first kappa shape index (κ1) is 18.9. The van der Waals surface area contributed by atoms with E-state index in [1.807, 2.05) is 17.9 Å². The Bertz CT molecular complexity index is 1010. The first-order valence-electron chi connectivity index (χ1n) is 10.5. The van der Waals surface area contributed by atoms with Gasteiger partial charge in [0.15, 0.2) is 11.5 Å². The summed E-state index contributed by atoms with van der Waals surface area (Å²) in [5, 5.41) is 10.9. The molecule has 7 heteroatoms. The highest BCUT2D eigenvalue weighted by molar-refractivity contribution is 5.95. The van der Waals surface area contributed by atoms with Crippen LogP contribution in [0.2, 0.25) is 0 Å². The molecule has 2 aromatic carbocycles. The fourth-order valence-corrected chi connectivity index (χ4v) is 5.24. The molecule has 1 spiro atoms. The van der Waals surface area contributed by atoms with Crippen molar-refractivity contribution >= 4 is 11.6 Å². The number of hydrogen-bond acceptors (Lipinski definition) is 5. The van der Waals surface area contributed by atoms with Gasteiger partial charge in [-0.15, -0.1) is 0 Å². The zero-order valence-electron chi connectivity index (χ0n) is 16.9. The molecular formula is C23H24N2O5. The number of non-ortho nitro benzene ring substituents is 1. The molecule has 0 bridgehead atoms. The second-order valence-electron chi connectivity index (χ2n) is 8.48. The molecular weight excluding hydrogens is 384 g/mol. The molecule has 156 valence electrons. The lowest BCUT2D eigenvalue weighted by molar-refractivity contribution is -0.384. The molecule has 1 amide bonds. The van der Waals surface area contributed by atoms with E-state index in [0.29, 0.717) is 25.3 Å². The molecule has 0 N–H and O–H groups in total. The fraction of sp³-hybridized carbons (Fsp3) is 0.435. The number of carbonyl (C=O) groups is 1. The minimum Gasteiger partial charge on any atom is -0.486 e. The summed E-state index contributed by atoms with van der Waals surface area (Å²) in [7, 11) is 0. The SMILES string of the molecule is C[C@H]1c2cc3c(cc2C2(CCCC2)CN1C(=O)c1ccc([N+](=O)[O-])cc1)OCCO3. The van der Waals surface area contributed by atoms with Gasteiger partial charge in [-0.05, 0) is 55.2 Å². The Kier molecular flexibility index (Phi) is 4.41. The zero-order chi connectivity index (χ0) is 20.9. The molecule has 1 fully saturated rings. The average Bonchev–Trinajstić information content (AvgIpc) is 3.24. The molecule has 1 atom stereocenters. The van der Waals surface area contributed by atoms with Crippen LogP contribution in [0.5, 0.6) is 11.5 Å². The highest BCUT2D eigenvalue weighted by Crippen LogP contribution is 2.52. The number of nitrogens with zero attached hydrogens (tertiary/aromatic N) is 2. The summed E-state index contributed by atoms with van der Waals surface area (Å²) < 4.78 is 11.7. The minimum absolute atomic E-state index is 0.0142. The summed E-state index contributed by atoms with van der Waals surface area (Å²) in [5.74, 6) is 1.45. The number of fused-ring (bicyclic) bond motifs is 3. The second kappa shape index (κ2) is 7.00. The molecule has 0 aromatic heterocycles. The van der Waals surface area contributed by atoms with Crippen LogP contribution in [-0.2, 0) is 5.41 Å². The van der Waals surface area contributed by atoms with Crippen molar-refractivity contribution in [2.24, 2.45) is 0 Å². The predicted octanol–water partition coefficient (Wildman–Crippen LogP) is 4.39. The zero-order valence-corrected chi connectivity index (χ0v) is 16.9. The molecule has 0 unspecified atom stereocenters. The van der Waals surface area contributed by atoms with Gasteiger partial charge in [-0.1, -0.05) is 12.8 Å². The molecule has 1 aliphatic carbocycles. The quantitative estimate of drug-likeness (QED) is 0.544. The van der Waals surface area contributed by atoms with Crippen LogP contribution in [0.25, 0.3) is 0 Å². The topological polar surface area (TPSA) is 81.9 Å². The molecule has 30 heavy (non-hydrogen) atoms. The number of nitro benzene ring substituents is 1. The van der Waals surface area contributed by atoms with Crippen molar-refractivity contribution in [2.75, 3.05) is 19.8 Å². The van der Waals surface area contributed by atoms with E-state index in [4.69, 9.17) is 9.47 Å². The first-order valence-corrected chi connectivity index (χ1v) is 10.5. The molecule has 3 aliphatic rings. The maximum absolute atomic E-state index is 13.4. The lowest BCUT2D eigenvalue weighted by Gasteiger charge is -2.46. The van der Waals surface area contributed by atoms with Crippen LogP contribution in [0.1, 0.15) is 60.1 Å². The third-order valence-corrected chi connectivity index (χ3v) is 6.82. The fourth-order valence-electron chi connectivity index (χ4n) is 5.24. The van der Waals surface area contributed by atoms with Crippen molar-refractivity contribution in [3.05, 3.63) is 63.2 Å². The van der Waals surface area contributed by atoms with Crippen molar-refractivity contribution in [2.45, 2.75) is 44.1 Å². The van der Waals surface area contributed by atoms with Crippen molar-refractivity contribution in [1.29, 1.82) is 0 Å². The van der Waals surface area contributed by atoms with Gasteiger partial charge >= 0.3 is 0 Å². The van der Waals surface area contributed by atoms with Crippen molar-refractivity contribution in [3.8, 4) is 11.5 Å². The summed E-state index contributed by atoms with van der Waals surface area (Å²) >= 11 is 0. The van der Waals surface area contributed by atoms with Crippen LogP contribution in [0.4, 0.5) is 5.69 Å². The number of nitro groups is 1. The lowest BCUT2D eigenvalue weighted by Crippen LogP contribution is -2.48. The molecule has 2 aliphatic heterocycles. The molecule has 7 nitrogen and oxygen atoms in total. The van der Waals surface area contributed by atoms with Gasteiger partial charge in [0.1, 0.15) is 13.2 Å². The smallest absolute Gasteiger partial charge is 0.269 e. The molecule has 5 rings (SSSR count). The highest BCUT2D eigenvalue weighted by atomic mass is 16.6. The maximum atomic E-state index is 13.4. The second-order valence-corrected chi connectivity index (χ2v) is 8.48. The van der Waals surface area contributed by atoms with E-state index in [1.165, 1.54) is 17.7 Å². The van der Waals surface area contributed by atoms with Crippen LogP contribution < -0.4 is 9.47 Å². The Hall–Kier alpha value is -3.09. The van der Waals surface area contributed by atoms with E-state index in [0.717, 1.165) is 42.7 Å². The van der Waals surface area contributed by atoms with E-state index < -0.39 is 4.92 Å². The van der Waals surface area contributed by atoms with Gasteiger partial charge in [0, 0.05) is 29.7 Å². The summed E-state index contributed by atoms with van der Waals surface area (Å²) in [6, 6.07) is 9.95. The summed E-state index contributed by atoms with van der Waals surface area (Å²) in [6.07, 6.45) is 4.36. The third kappa shape index (κ3) is 2.91. The van der Waals surface area contributed by atoms with E-state index in [1.54, 1.807) is 12.1 Å². The molecule has 1 saturated carbocycles. The number of hydrogen-bond donors (Lipinski definition) is 0. The van der Waals surface area contributed by atoms with Gasteiger partial charge in [0.05, 0.1) is 11.0 Å². The number of amides is 1. The van der Waals surface area contributed by atoms with Crippen LogP contribution in [0.3, 0.4) is 0 Å². The maximum Gasteiger partial charge on any atom is 0.269 e. The van der Waals surface area contributed by atoms with E-state index in [2.05, 4.69) is 6.07 Å². The standard InChI is InChI=1S/C23H24N2O5/c1-15-18-12-20-21(30-11-10-29-20)13-19(18)23(8-2-3-9-23)14-24(15)22(26)16-4-6-17(7-5-16)25(27)28/h4-7,12-13,15H,2-3,8-11,14H2,1H3/t15-/m0/s1. The largest absolute Gasteiger partial charge is 0.486 e. The normalized spacial score (nSPS) is 21.4.